The number of amides is 1. The Balaban J connectivity index is 2.28. The molecule has 0 fully saturated rings. The van der Waals surface area contributed by atoms with E-state index in [4.69, 9.17) is 10.5 Å². The Morgan fingerprint density at radius 2 is 2.12 bits per heavy atom. The van der Waals surface area contributed by atoms with Crippen molar-refractivity contribution in [2.24, 2.45) is 5.73 Å². The third-order valence-electron chi connectivity index (χ3n) is 2.41. The maximum atomic E-state index is 11.7. The fourth-order valence-electron chi connectivity index (χ4n) is 1.45. The van der Waals surface area contributed by atoms with Gasteiger partial charge in [0, 0.05) is 19.8 Å². The summed E-state index contributed by atoms with van der Waals surface area (Å²) in [5, 5.41) is 2.80. The minimum Gasteiger partial charge on any atom is -0.382 e. The van der Waals surface area contributed by atoms with Gasteiger partial charge in [-0.3, -0.25) is 4.79 Å². The first-order valence-corrected chi connectivity index (χ1v) is 5.91. The van der Waals surface area contributed by atoms with Gasteiger partial charge in [-0.15, -0.1) is 0 Å². The minimum absolute atomic E-state index is 0.146. The fourth-order valence-corrected chi connectivity index (χ4v) is 1.45. The van der Waals surface area contributed by atoms with Gasteiger partial charge in [0.05, 0.1) is 0 Å². The molecule has 1 atom stereocenters. The first kappa shape index (κ1) is 13.7. The topological polar surface area (TPSA) is 64.3 Å². The van der Waals surface area contributed by atoms with Crippen molar-refractivity contribution in [1.29, 1.82) is 0 Å². The Morgan fingerprint density at radius 3 is 2.76 bits per heavy atom. The summed E-state index contributed by atoms with van der Waals surface area (Å²) in [6, 6.07) is 8.75. The van der Waals surface area contributed by atoms with Crippen LogP contribution in [0.1, 0.15) is 24.9 Å². The number of nitrogens with two attached hydrogens (primary N) is 1. The molecule has 1 aromatic carbocycles. The van der Waals surface area contributed by atoms with Crippen LogP contribution in [0.3, 0.4) is 0 Å². The van der Waals surface area contributed by atoms with Crippen LogP contribution in [-0.2, 0) is 9.53 Å². The van der Waals surface area contributed by atoms with Gasteiger partial charge in [0.25, 0.3) is 0 Å². The van der Waals surface area contributed by atoms with Gasteiger partial charge in [0.2, 0.25) is 5.91 Å². The summed E-state index contributed by atoms with van der Waals surface area (Å²) in [6.07, 6.45) is 0.807. The van der Waals surface area contributed by atoms with Crippen LogP contribution in [0.25, 0.3) is 0 Å². The average molecular weight is 236 g/mol. The molecule has 0 aromatic heterocycles. The predicted octanol–water partition coefficient (Wildman–Crippen LogP) is 1.23. The van der Waals surface area contributed by atoms with Gasteiger partial charge in [-0.05, 0) is 18.9 Å². The van der Waals surface area contributed by atoms with E-state index in [1.165, 1.54) is 0 Å². The molecule has 0 radical (unpaired) electrons. The molecule has 0 aliphatic carbocycles. The van der Waals surface area contributed by atoms with E-state index in [-0.39, 0.29) is 5.91 Å². The average Bonchev–Trinajstić information content (AvgIpc) is 2.38. The maximum absolute atomic E-state index is 11.7. The number of rotatable bonds is 7. The van der Waals surface area contributed by atoms with E-state index in [9.17, 15) is 4.79 Å². The van der Waals surface area contributed by atoms with Crippen molar-refractivity contribution in [3.8, 4) is 0 Å². The lowest BCUT2D eigenvalue weighted by Crippen LogP contribution is -2.34. The summed E-state index contributed by atoms with van der Waals surface area (Å²) in [5.74, 6) is -0.146. The Bertz CT molecular complexity index is 327. The quantitative estimate of drug-likeness (QED) is 0.700. The summed E-state index contributed by atoms with van der Waals surface area (Å²) in [6.45, 7) is 3.91. The normalized spacial score (nSPS) is 12.1. The predicted molar refractivity (Wildman–Crippen MR) is 67.5 cm³/mol. The van der Waals surface area contributed by atoms with Crippen molar-refractivity contribution in [2.75, 3.05) is 19.8 Å². The molecule has 0 saturated carbocycles. The van der Waals surface area contributed by atoms with Crippen LogP contribution < -0.4 is 11.1 Å². The van der Waals surface area contributed by atoms with Crippen LogP contribution in [0.15, 0.2) is 30.3 Å². The molecule has 4 heteroatoms. The Morgan fingerprint density at radius 1 is 1.41 bits per heavy atom. The molecule has 94 valence electrons. The van der Waals surface area contributed by atoms with Gasteiger partial charge in [-0.1, -0.05) is 30.3 Å². The van der Waals surface area contributed by atoms with Gasteiger partial charge in [0.15, 0.2) is 0 Å². The van der Waals surface area contributed by atoms with E-state index in [2.05, 4.69) is 5.32 Å². The maximum Gasteiger partial charge on any atom is 0.241 e. The molecule has 0 aliphatic heterocycles. The lowest BCUT2D eigenvalue weighted by Gasteiger charge is -2.12. The van der Waals surface area contributed by atoms with Crippen molar-refractivity contribution < 1.29 is 9.53 Å². The lowest BCUT2D eigenvalue weighted by molar-refractivity contribution is -0.122. The second-order valence-corrected chi connectivity index (χ2v) is 3.73. The number of hydrogen-bond donors (Lipinski definition) is 2. The van der Waals surface area contributed by atoms with Gasteiger partial charge in [0.1, 0.15) is 6.04 Å². The van der Waals surface area contributed by atoms with E-state index in [0.29, 0.717) is 19.8 Å². The third-order valence-corrected chi connectivity index (χ3v) is 2.41. The van der Waals surface area contributed by atoms with E-state index in [1.54, 1.807) is 0 Å². The highest BCUT2D eigenvalue weighted by Crippen LogP contribution is 2.08. The molecule has 0 bridgehead atoms. The molecule has 0 spiro atoms. The highest BCUT2D eigenvalue weighted by atomic mass is 16.5. The van der Waals surface area contributed by atoms with E-state index < -0.39 is 6.04 Å². The van der Waals surface area contributed by atoms with Crippen LogP contribution in [0.2, 0.25) is 0 Å². The van der Waals surface area contributed by atoms with Crippen molar-refractivity contribution in [3.63, 3.8) is 0 Å². The van der Waals surface area contributed by atoms with Crippen molar-refractivity contribution in [1.82, 2.24) is 5.32 Å². The van der Waals surface area contributed by atoms with Crippen LogP contribution in [-0.4, -0.2) is 25.7 Å². The second-order valence-electron chi connectivity index (χ2n) is 3.73. The molecular formula is C13H20N2O2. The molecule has 0 aliphatic rings. The van der Waals surface area contributed by atoms with Crippen LogP contribution >= 0.6 is 0 Å². The fraction of sp³-hybridized carbons (Fsp3) is 0.462. The molecular weight excluding hydrogens is 216 g/mol. The first-order chi connectivity index (χ1) is 8.25. The molecule has 1 rings (SSSR count). The van der Waals surface area contributed by atoms with Crippen LogP contribution in [0, 0.1) is 0 Å². The van der Waals surface area contributed by atoms with Gasteiger partial charge in [-0.2, -0.15) is 0 Å². The number of ether oxygens (including phenoxy) is 1. The highest BCUT2D eigenvalue weighted by molar-refractivity contribution is 5.82. The standard InChI is InChI=1S/C13H20N2O2/c1-2-17-10-6-9-15-13(16)12(14)11-7-4-3-5-8-11/h3-5,7-8,12H,2,6,9-10,14H2,1H3,(H,15,16)/t12-/m1/s1. The molecule has 4 nitrogen and oxygen atoms in total. The molecule has 1 amide bonds. The SMILES string of the molecule is CCOCCCNC(=O)[C@H](N)c1ccccc1. The zero-order chi connectivity index (χ0) is 12.5. The molecule has 17 heavy (non-hydrogen) atoms. The third kappa shape index (κ3) is 4.97. The van der Waals surface area contributed by atoms with Crippen molar-refractivity contribution >= 4 is 5.91 Å². The molecule has 0 saturated heterocycles. The van der Waals surface area contributed by atoms with E-state index in [0.717, 1.165) is 12.0 Å². The number of benzene rings is 1. The second kappa shape index (κ2) is 7.81. The van der Waals surface area contributed by atoms with Gasteiger partial charge < -0.3 is 15.8 Å². The summed E-state index contributed by atoms with van der Waals surface area (Å²) in [4.78, 5) is 11.7. The number of carbonyl (C=O) groups excluding carboxylic acids is 1. The number of hydrogen-bond acceptors (Lipinski definition) is 3. The Hall–Kier alpha value is -1.39. The number of nitrogens with one attached hydrogen (secondary N) is 1. The Kier molecular flexibility index (Phi) is 6.29. The minimum atomic E-state index is -0.594. The van der Waals surface area contributed by atoms with Crippen LogP contribution in [0.4, 0.5) is 0 Å². The summed E-state index contributed by atoms with van der Waals surface area (Å²) in [5.41, 5.74) is 6.66. The monoisotopic (exact) mass is 236 g/mol. The zero-order valence-electron chi connectivity index (χ0n) is 10.2. The summed E-state index contributed by atoms with van der Waals surface area (Å²) < 4.78 is 5.18. The summed E-state index contributed by atoms with van der Waals surface area (Å²) in [7, 11) is 0. The van der Waals surface area contributed by atoms with Crippen molar-refractivity contribution in [3.05, 3.63) is 35.9 Å². The van der Waals surface area contributed by atoms with E-state index >= 15 is 0 Å². The van der Waals surface area contributed by atoms with Gasteiger partial charge >= 0.3 is 0 Å². The molecule has 0 heterocycles. The summed E-state index contributed by atoms with van der Waals surface area (Å²) >= 11 is 0. The molecule has 0 unspecified atom stereocenters. The van der Waals surface area contributed by atoms with Crippen LogP contribution in [0.5, 0.6) is 0 Å². The Labute approximate surface area is 102 Å². The lowest BCUT2D eigenvalue weighted by atomic mass is 10.1. The highest BCUT2D eigenvalue weighted by Gasteiger charge is 2.14. The first-order valence-electron chi connectivity index (χ1n) is 5.91. The molecule has 1 aromatic rings. The van der Waals surface area contributed by atoms with E-state index in [1.807, 2.05) is 37.3 Å². The smallest absolute Gasteiger partial charge is 0.241 e. The largest absolute Gasteiger partial charge is 0.382 e. The molecule has 3 N–H and O–H groups in total. The zero-order valence-corrected chi connectivity index (χ0v) is 10.2. The van der Waals surface area contributed by atoms with Crippen molar-refractivity contribution in [2.45, 2.75) is 19.4 Å². The van der Waals surface area contributed by atoms with Gasteiger partial charge in [-0.25, -0.2) is 0 Å². The number of carbonyl (C=O) groups is 1.